The third-order valence-corrected chi connectivity index (χ3v) is 4.53. The maximum Gasteiger partial charge on any atom is 0.416 e. The maximum absolute atomic E-state index is 13.2. The minimum atomic E-state index is -4.46. The van der Waals surface area contributed by atoms with Crippen molar-refractivity contribution in [3.05, 3.63) is 71.5 Å². The first kappa shape index (κ1) is 20.5. The van der Waals surface area contributed by atoms with Crippen LogP contribution in [0.25, 0.3) is 11.4 Å². The molecule has 0 spiro atoms. The van der Waals surface area contributed by atoms with Gasteiger partial charge < -0.3 is 11.1 Å². The predicted octanol–water partition coefficient (Wildman–Crippen LogP) is 2.80. The first-order valence-electron chi connectivity index (χ1n) is 8.90. The SMILES string of the molecule is Cn1ncnc1-c1ccc(C(=O)N[C@H](CN)Cc2ccccc2C(F)(F)F)cc1. The highest BCUT2D eigenvalue weighted by Crippen LogP contribution is 2.32. The van der Waals surface area contributed by atoms with Crippen LogP contribution in [0.5, 0.6) is 0 Å². The van der Waals surface area contributed by atoms with E-state index in [1.807, 2.05) is 0 Å². The summed E-state index contributed by atoms with van der Waals surface area (Å²) < 4.78 is 41.2. The van der Waals surface area contributed by atoms with Crippen molar-refractivity contribution in [3.63, 3.8) is 0 Å². The van der Waals surface area contributed by atoms with E-state index in [0.29, 0.717) is 11.4 Å². The summed E-state index contributed by atoms with van der Waals surface area (Å²) in [4.78, 5) is 16.7. The average Bonchev–Trinajstić information content (AvgIpc) is 3.13. The van der Waals surface area contributed by atoms with Crippen molar-refractivity contribution in [2.75, 3.05) is 6.54 Å². The number of benzene rings is 2. The number of nitrogens with one attached hydrogen (secondary N) is 1. The van der Waals surface area contributed by atoms with E-state index < -0.39 is 23.7 Å². The molecule has 0 unspecified atom stereocenters. The molecule has 3 rings (SSSR count). The van der Waals surface area contributed by atoms with E-state index in [4.69, 9.17) is 5.73 Å². The zero-order valence-corrected chi connectivity index (χ0v) is 15.6. The molecule has 3 aromatic rings. The number of aryl methyl sites for hydroxylation is 1. The maximum atomic E-state index is 13.2. The van der Waals surface area contributed by atoms with E-state index >= 15 is 0 Å². The summed E-state index contributed by atoms with van der Waals surface area (Å²) >= 11 is 0. The lowest BCUT2D eigenvalue weighted by Crippen LogP contribution is -2.42. The van der Waals surface area contributed by atoms with Gasteiger partial charge in [0.25, 0.3) is 5.91 Å². The normalized spacial score (nSPS) is 12.6. The van der Waals surface area contributed by atoms with Gasteiger partial charge in [-0.05, 0) is 30.2 Å². The van der Waals surface area contributed by atoms with Crippen LogP contribution in [0.3, 0.4) is 0 Å². The number of nitrogens with two attached hydrogens (primary N) is 1. The minimum Gasteiger partial charge on any atom is -0.348 e. The summed E-state index contributed by atoms with van der Waals surface area (Å²) in [6, 6.07) is 11.4. The Morgan fingerprint density at radius 3 is 2.45 bits per heavy atom. The number of alkyl halides is 3. The fourth-order valence-electron chi connectivity index (χ4n) is 3.03. The van der Waals surface area contributed by atoms with Gasteiger partial charge in [-0.3, -0.25) is 4.79 Å². The summed E-state index contributed by atoms with van der Waals surface area (Å²) in [6.07, 6.45) is -3.05. The Morgan fingerprint density at radius 1 is 1.17 bits per heavy atom. The van der Waals surface area contributed by atoms with Crippen LogP contribution in [0.4, 0.5) is 13.2 Å². The molecular formula is C20H20F3N5O. The summed E-state index contributed by atoms with van der Waals surface area (Å²) in [7, 11) is 1.76. The van der Waals surface area contributed by atoms with Crippen LogP contribution < -0.4 is 11.1 Å². The molecule has 1 heterocycles. The Balaban J connectivity index is 1.72. The number of hydrogen-bond acceptors (Lipinski definition) is 4. The zero-order chi connectivity index (χ0) is 21.0. The van der Waals surface area contributed by atoms with Crippen molar-refractivity contribution in [2.24, 2.45) is 12.8 Å². The molecular weight excluding hydrogens is 383 g/mol. The molecule has 0 saturated heterocycles. The molecule has 0 aliphatic carbocycles. The molecule has 152 valence electrons. The monoisotopic (exact) mass is 403 g/mol. The van der Waals surface area contributed by atoms with Crippen LogP contribution >= 0.6 is 0 Å². The molecule has 0 aliphatic rings. The molecule has 1 atom stereocenters. The van der Waals surface area contributed by atoms with Gasteiger partial charge in [0.2, 0.25) is 0 Å². The van der Waals surface area contributed by atoms with Crippen molar-refractivity contribution in [1.29, 1.82) is 0 Å². The molecule has 0 radical (unpaired) electrons. The quantitative estimate of drug-likeness (QED) is 0.663. The van der Waals surface area contributed by atoms with E-state index in [1.165, 1.54) is 24.5 Å². The molecule has 0 bridgehead atoms. The van der Waals surface area contributed by atoms with Gasteiger partial charge in [0.1, 0.15) is 6.33 Å². The minimum absolute atomic E-state index is 0.00888. The van der Waals surface area contributed by atoms with Gasteiger partial charge in [-0.15, -0.1) is 0 Å². The van der Waals surface area contributed by atoms with E-state index in [2.05, 4.69) is 15.4 Å². The van der Waals surface area contributed by atoms with Gasteiger partial charge in [0, 0.05) is 30.8 Å². The number of halogens is 3. The van der Waals surface area contributed by atoms with E-state index in [-0.39, 0.29) is 18.5 Å². The van der Waals surface area contributed by atoms with Crippen LogP contribution in [0.2, 0.25) is 0 Å². The Morgan fingerprint density at radius 2 is 1.86 bits per heavy atom. The van der Waals surface area contributed by atoms with Gasteiger partial charge in [-0.1, -0.05) is 30.3 Å². The Bertz CT molecular complexity index is 982. The van der Waals surface area contributed by atoms with Crippen molar-refractivity contribution < 1.29 is 18.0 Å². The largest absolute Gasteiger partial charge is 0.416 e. The number of amides is 1. The van der Waals surface area contributed by atoms with Crippen molar-refractivity contribution in [3.8, 4) is 11.4 Å². The summed E-state index contributed by atoms with van der Waals surface area (Å²) in [5.74, 6) is 0.245. The molecule has 0 fully saturated rings. The van der Waals surface area contributed by atoms with E-state index in [1.54, 1.807) is 36.0 Å². The fraction of sp³-hybridized carbons (Fsp3) is 0.250. The summed E-state index contributed by atoms with van der Waals surface area (Å²) in [6.45, 7) is 0.00888. The summed E-state index contributed by atoms with van der Waals surface area (Å²) in [5.41, 5.74) is 6.23. The van der Waals surface area contributed by atoms with Crippen LogP contribution in [-0.2, 0) is 19.6 Å². The van der Waals surface area contributed by atoms with Crippen molar-refractivity contribution in [1.82, 2.24) is 20.1 Å². The molecule has 6 nitrogen and oxygen atoms in total. The topological polar surface area (TPSA) is 85.8 Å². The predicted molar refractivity (Wildman–Crippen MR) is 102 cm³/mol. The van der Waals surface area contributed by atoms with Gasteiger partial charge in [0.05, 0.1) is 5.56 Å². The molecule has 29 heavy (non-hydrogen) atoms. The highest BCUT2D eigenvalue weighted by Gasteiger charge is 2.33. The van der Waals surface area contributed by atoms with Crippen molar-refractivity contribution in [2.45, 2.75) is 18.6 Å². The molecule has 1 aromatic heterocycles. The second-order valence-corrected chi connectivity index (χ2v) is 6.55. The lowest BCUT2D eigenvalue weighted by molar-refractivity contribution is -0.138. The van der Waals surface area contributed by atoms with Gasteiger partial charge in [-0.25, -0.2) is 9.67 Å². The second-order valence-electron chi connectivity index (χ2n) is 6.55. The number of carbonyl (C=O) groups excluding carboxylic acids is 1. The molecule has 9 heteroatoms. The lowest BCUT2D eigenvalue weighted by atomic mass is 9.99. The molecule has 1 amide bonds. The fourth-order valence-corrected chi connectivity index (χ4v) is 3.03. The third kappa shape index (κ3) is 4.80. The van der Waals surface area contributed by atoms with Crippen molar-refractivity contribution >= 4 is 5.91 Å². The molecule has 2 aromatic carbocycles. The smallest absolute Gasteiger partial charge is 0.348 e. The number of aromatic nitrogens is 3. The first-order valence-corrected chi connectivity index (χ1v) is 8.90. The third-order valence-electron chi connectivity index (χ3n) is 4.53. The van der Waals surface area contributed by atoms with Crippen LogP contribution in [0.1, 0.15) is 21.5 Å². The van der Waals surface area contributed by atoms with E-state index in [0.717, 1.165) is 11.6 Å². The summed E-state index contributed by atoms with van der Waals surface area (Å²) in [5, 5.41) is 6.71. The molecule has 0 aliphatic heterocycles. The van der Waals surface area contributed by atoms with Gasteiger partial charge >= 0.3 is 6.18 Å². The van der Waals surface area contributed by atoms with E-state index in [9.17, 15) is 18.0 Å². The Kier molecular flexibility index (Phi) is 5.97. The number of nitrogens with zero attached hydrogens (tertiary/aromatic N) is 3. The second kappa shape index (κ2) is 8.44. The zero-order valence-electron chi connectivity index (χ0n) is 15.6. The molecule has 3 N–H and O–H groups in total. The van der Waals surface area contributed by atoms with Gasteiger partial charge in [0.15, 0.2) is 5.82 Å². The van der Waals surface area contributed by atoms with Crippen LogP contribution in [0.15, 0.2) is 54.9 Å². The lowest BCUT2D eigenvalue weighted by Gasteiger charge is -2.20. The first-order chi connectivity index (χ1) is 13.8. The standard InChI is InChI=1S/C20H20F3N5O/c1-28-18(25-12-26-28)13-6-8-14(9-7-13)19(29)27-16(11-24)10-15-4-2-3-5-17(15)20(21,22)23/h2-9,12,16H,10-11,24H2,1H3,(H,27,29)/t16-/m0/s1. The Labute approximate surface area is 165 Å². The average molecular weight is 403 g/mol. The highest BCUT2D eigenvalue weighted by molar-refractivity contribution is 5.94. The number of rotatable bonds is 6. The van der Waals surface area contributed by atoms with Crippen LogP contribution in [0, 0.1) is 0 Å². The highest BCUT2D eigenvalue weighted by atomic mass is 19.4. The van der Waals surface area contributed by atoms with Crippen LogP contribution in [-0.4, -0.2) is 33.3 Å². The number of hydrogen-bond donors (Lipinski definition) is 2. The molecule has 0 saturated carbocycles. The van der Waals surface area contributed by atoms with Gasteiger partial charge in [-0.2, -0.15) is 18.3 Å². The Hall–Kier alpha value is -3.20. The number of carbonyl (C=O) groups is 1.